The molecule has 0 bridgehead atoms. The van der Waals surface area contributed by atoms with Crippen LogP contribution >= 0.6 is 0 Å². The number of hydrogen-bond acceptors (Lipinski definition) is 5. The van der Waals surface area contributed by atoms with Gasteiger partial charge in [-0.25, -0.2) is 0 Å². The second-order valence-corrected chi connectivity index (χ2v) is 4.42. The molecule has 1 fully saturated rings. The summed E-state index contributed by atoms with van der Waals surface area (Å²) in [5.41, 5.74) is 0.922. The summed E-state index contributed by atoms with van der Waals surface area (Å²) < 4.78 is 10.7. The molecule has 0 aromatic carbocycles. The lowest BCUT2D eigenvalue weighted by Crippen LogP contribution is -2.23. The van der Waals surface area contributed by atoms with E-state index >= 15 is 0 Å². The van der Waals surface area contributed by atoms with Crippen molar-refractivity contribution in [2.75, 3.05) is 33.3 Å². The molecule has 0 atom stereocenters. The zero-order chi connectivity index (χ0) is 11.9. The third-order valence-electron chi connectivity index (χ3n) is 2.96. The van der Waals surface area contributed by atoms with E-state index in [4.69, 9.17) is 9.26 Å². The van der Waals surface area contributed by atoms with Crippen LogP contribution in [0.15, 0.2) is 10.6 Å². The summed E-state index contributed by atoms with van der Waals surface area (Å²) in [5, 5.41) is 6.97. The van der Waals surface area contributed by atoms with Crippen molar-refractivity contribution in [1.82, 2.24) is 15.4 Å². The second kappa shape index (κ2) is 6.74. The van der Waals surface area contributed by atoms with E-state index in [-0.39, 0.29) is 0 Å². The molecule has 0 radical (unpaired) electrons. The fraction of sp³-hybridized carbons (Fsp3) is 0.750. The Labute approximate surface area is 102 Å². The lowest BCUT2D eigenvalue weighted by atomic mass is 10.4. The predicted molar refractivity (Wildman–Crippen MR) is 64.6 cm³/mol. The largest absolute Gasteiger partial charge is 0.372 e. The van der Waals surface area contributed by atoms with Gasteiger partial charge in [-0.1, -0.05) is 5.16 Å². The molecular formula is C12H21N3O2. The Morgan fingerprint density at radius 3 is 3.06 bits per heavy atom. The van der Waals surface area contributed by atoms with Crippen LogP contribution in [-0.2, 0) is 17.9 Å². The van der Waals surface area contributed by atoms with Gasteiger partial charge in [0, 0.05) is 19.2 Å². The number of hydrogen-bond donors (Lipinski definition) is 1. The van der Waals surface area contributed by atoms with Gasteiger partial charge in [0.2, 0.25) is 0 Å². The summed E-state index contributed by atoms with van der Waals surface area (Å²) in [7, 11) is 1.89. The lowest BCUT2D eigenvalue weighted by Gasteiger charge is -2.13. The second-order valence-electron chi connectivity index (χ2n) is 4.42. The molecule has 0 spiro atoms. The topological polar surface area (TPSA) is 50.5 Å². The SMILES string of the molecule is CNCc1cc(COCCN2CCCC2)on1. The predicted octanol–water partition coefficient (Wildman–Crippen LogP) is 1.01. The van der Waals surface area contributed by atoms with Crippen LogP contribution in [0, 0.1) is 0 Å². The molecule has 1 aromatic heterocycles. The highest BCUT2D eigenvalue weighted by Crippen LogP contribution is 2.07. The van der Waals surface area contributed by atoms with E-state index in [0.717, 1.165) is 31.2 Å². The highest BCUT2D eigenvalue weighted by molar-refractivity contribution is 5.03. The van der Waals surface area contributed by atoms with Gasteiger partial charge in [-0.3, -0.25) is 0 Å². The number of nitrogens with zero attached hydrogens (tertiary/aromatic N) is 2. The average molecular weight is 239 g/mol. The van der Waals surface area contributed by atoms with Crippen molar-refractivity contribution in [2.24, 2.45) is 0 Å². The van der Waals surface area contributed by atoms with Crippen molar-refractivity contribution < 1.29 is 9.26 Å². The van der Waals surface area contributed by atoms with Gasteiger partial charge in [0.15, 0.2) is 5.76 Å². The van der Waals surface area contributed by atoms with Crippen LogP contribution in [0.5, 0.6) is 0 Å². The van der Waals surface area contributed by atoms with Gasteiger partial charge >= 0.3 is 0 Å². The normalized spacial score (nSPS) is 16.8. The van der Waals surface area contributed by atoms with E-state index in [2.05, 4.69) is 15.4 Å². The highest BCUT2D eigenvalue weighted by atomic mass is 16.5. The van der Waals surface area contributed by atoms with Crippen molar-refractivity contribution in [1.29, 1.82) is 0 Å². The number of ether oxygens (including phenoxy) is 1. The van der Waals surface area contributed by atoms with Crippen molar-refractivity contribution >= 4 is 0 Å². The molecule has 0 saturated carbocycles. The van der Waals surface area contributed by atoms with Gasteiger partial charge in [0.05, 0.1) is 12.3 Å². The first-order chi connectivity index (χ1) is 8.38. The van der Waals surface area contributed by atoms with Crippen molar-refractivity contribution in [3.63, 3.8) is 0 Å². The summed E-state index contributed by atoms with van der Waals surface area (Å²) in [4.78, 5) is 2.44. The first-order valence-corrected chi connectivity index (χ1v) is 6.27. The van der Waals surface area contributed by atoms with E-state index in [9.17, 15) is 0 Å². The summed E-state index contributed by atoms with van der Waals surface area (Å²) in [6, 6.07) is 1.94. The van der Waals surface area contributed by atoms with Gasteiger partial charge in [-0.15, -0.1) is 0 Å². The third kappa shape index (κ3) is 4.11. The van der Waals surface area contributed by atoms with Crippen LogP contribution in [0.3, 0.4) is 0 Å². The Balaban J connectivity index is 1.60. The highest BCUT2D eigenvalue weighted by Gasteiger charge is 2.10. The minimum absolute atomic E-state index is 0.518. The average Bonchev–Trinajstić information content (AvgIpc) is 2.96. The van der Waals surface area contributed by atoms with E-state index in [1.165, 1.54) is 25.9 Å². The summed E-state index contributed by atoms with van der Waals surface area (Å²) in [5.74, 6) is 0.802. The van der Waals surface area contributed by atoms with Crippen LogP contribution in [0.2, 0.25) is 0 Å². The number of aromatic nitrogens is 1. The van der Waals surface area contributed by atoms with Crippen molar-refractivity contribution in [3.05, 3.63) is 17.5 Å². The van der Waals surface area contributed by atoms with E-state index in [0.29, 0.717) is 6.61 Å². The van der Waals surface area contributed by atoms with Crippen LogP contribution < -0.4 is 5.32 Å². The molecule has 2 heterocycles. The number of nitrogens with one attached hydrogen (secondary N) is 1. The Morgan fingerprint density at radius 1 is 1.47 bits per heavy atom. The zero-order valence-electron chi connectivity index (χ0n) is 10.4. The molecule has 2 rings (SSSR count). The molecule has 1 aliphatic heterocycles. The molecule has 1 aromatic rings. The molecule has 1 aliphatic rings. The van der Waals surface area contributed by atoms with Gasteiger partial charge in [0.25, 0.3) is 0 Å². The Hall–Kier alpha value is -0.910. The Bertz CT molecular complexity index is 321. The maximum atomic E-state index is 5.58. The standard InChI is InChI=1S/C12H21N3O2/c1-13-9-11-8-12(17-14-11)10-16-7-6-15-4-2-3-5-15/h8,13H,2-7,9-10H2,1H3. The van der Waals surface area contributed by atoms with Crippen LogP contribution in [0.25, 0.3) is 0 Å². The first kappa shape index (κ1) is 12.5. The van der Waals surface area contributed by atoms with Gasteiger partial charge < -0.3 is 19.5 Å². The van der Waals surface area contributed by atoms with Crippen LogP contribution in [0.1, 0.15) is 24.3 Å². The molecule has 1 N–H and O–H groups in total. The minimum Gasteiger partial charge on any atom is -0.372 e. The quantitative estimate of drug-likeness (QED) is 0.720. The fourth-order valence-corrected chi connectivity index (χ4v) is 2.06. The molecule has 0 aliphatic carbocycles. The lowest BCUT2D eigenvalue weighted by molar-refractivity contribution is 0.0836. The smallest absolute Gasteiger partial charge is 0.162 e. The minimum atomic E-state index is 0.518. The Kier molecular flexibility index (Phi) is 4.97. The molecule has 96 valence electrons. The molecule has 5 nitrogen and oxygen atoms in total. The monoisotopic (exact) mass is 239 g/mol. The molecule has 17 heavy (non-hydrogen) atoms. The van der Waals surface area contributed by atoms with Gasteiger partial charge in [0.1, 0.15) is 6.61 Å². The van der Waals surface area contributed by atoms with Gasteiger partial charge in [-0.2, -0.15) is 0 Å². The maximum absolute atomic E-state index is 5.58. The van der Waals surface area contributed by atoms with Crippen LogP contribution in [-0.4, -0.2) is 43.3 Å². The Morgan fingerprint density at radius 2 is 2.29 bits per heavy atom. The van der Waals surface area contributed by atoms with E-state index in [1.54, 1.807) is 0 Å². The number of likely N-dealkylation sites (tertiary alicyclic amines) is 1. The first-order valence-electron chi connectivity index (χ1n) is 6.27. The van der Waals surface area contributed by atoms with Crippen molar-refractivity contribution in [2.45, 2.75) is 26.0 Å². The summed E-state index contributed by atoms with van der Waals surface area (Å²) >= 11 is 0. The molecule has 0 amide bonds. The van der Waals surface area contributed by atoms with Crippen LogP contribution in [0.4, 0.5) is 0 Å². The van der Waals surface area contributed by atoms with E-state index in [1.807, 2.05) is 13.1 Å². The van der Waals surface area contributed by atoms with E-state index < -0.39 is 0 Å². The molecular weight excluding hydrogens is 218 g/mol. The van der Waals surface area contributed by atoms with Crippen molar-refractivity contribution in [3.8, 4) is 0 Å². The van der Waals surface area contributed by atoms with Gasteiger partial charge in [-0.05, 0) is 33.0 Å². The summed E-state index contributed by atoms with van der Waals surface area (Å²) in [6.07, 6.45) is 2.66. The molecule has 1 saturated heterocycles. The maximum Gasteiger partial charge on any atom is 0.162 e. The third-order valence-corrected chi connectivity index (χ3v) is 2.96. The fourth-order valence-electron chi connectivity index (χ4n) is 2.06. The zero-order valence-corrected chi connectivity index (χ0v) is 10.4. The molecule has 5 heteroatoms. The number of rotatable bonds is 7. The summed E-state index contributed by atoms with van der Waals surface area (Å²) in [6.45, 7) is 5.48. The molecule has 0 unspecified atom stereocenters.